The Morgan fingerprint density at radius 1 is 1.14 bits per heavy atom. The molecule has 0 amide bonds. The van der Waals surface area contributed by atoms with E-state index in [1.165, 1.54) is 17.6 Å². The Bertz CT molecular complexity index is 759. The van der Waals surface area contributed by atoms with Gasteiger partial charge in [-0.15, -0.1) is 0 Å². The smallest absolute Gasteiger partial charge is 0.217 e. The summed E-state index contributed by atoms with van der Waals surface area (Å²) in [5, 5.41) is 0. The quantitative estimate of drug-likeness (QED) is 0.454. The van der Waals surface area contributed by atoms with E-state index in [-0.39, 0.29) is 22.5 Å². The lowest BCUT2D eigenvalue weighted by Gasteiger charge is -2.55. The zero-order valence-electron chi connectivity index (χ0n) is 18.6. The first-order valence-corrected chi connectivity index (χ1v) is 11.2. The summed E-state index contributed by atoms with van der Waals surface area (Å²) in [6, 6.07) is 0. The van der Waals surface area contributed by atoms with Gasteiger partial charge in [-0.3, -0.25) is 4.79 Å². The molecule has 4 aliphatic rings. The van der Waals surface area contributed by atoms with E-state index in [0.29, 0.717) is 11.8 Å². The molecule has 0 aromatic rings. The molecule has 0 N–H and O–H groups in total. The van der Waals surface area contributed by atoms with Crippen molar-refractivity contribution >= 4 is 5.78 Å². The van der Waals surface area contributed by atoms with Gasteiger partial charge >= 0.3 is 0 Å². The highest BCUT2D eigenvalue weighted by Gasteiger charge is 2.56. The molecule has 0 aliphatic heterocycles. The maximum absolute atomic E-state index is 13.1. The summed E-state index contributed by atoms with van der Waals surface area (Å²) in [5.41, 5.74) is 3.15. The number of methoxy groups -OCH3 is 2. The molecular formula is C25H36O4. The second kappa shape index (κ2) is 7.70. The van der Waals surface area contributed by atoms with Crippen LogP contribution in [0.15, 0.2) is 35.1 Å². The average molecular weight is 401 g/mol. The lowest BCUT2D eigenvalue weighted by molar-refractivity contribution is -0.164. The maximum atomic E-state index is 13.1. The van der Waals surface area contributed by atoms with E-state index < -0.39 is 6.29 Å². The van der Waals surface area contributed by atoms with Crippen LogP contribution in [0.4, 0.5) is 0 Å². The summed E-state index contributed by atoms with van der Waals surface area (Å²) < 4.78 is 16.4. The number of allylic oxidation sites excluding steroid dienone is 6. The number of carbonyl (C=O) groups excluding carboxylic acids is 1. The number of hydrogen-bond acceptors (Lipinski definition) is 4. The molecule has 0 spiro atoms. The van der Waals surface area contributed by atoms with Crippen LogP contribution in [0, 0.1) is 28.6 Å². The molecule has 0 heterocycles. The van der Waals surface area contributed by atoms with E-state index in [1.807, 2.05) is 0 Å². The van der Waals surface area contributed by atoms with E-state index in [9.17, 15) is 4.79 Å². The van der Waals surface area contributed by atoms with Crippen LogP contribution in [0.25, 0.3) is 0 Å². The summed E-state index contributed by atoms with van der Waals surface area (Å²) >= 11 is 0. The second-order valence-electron chi connectivity index (χ2n) is 9.68. The minimum absolute atomic E-state index is 0.0302. The maximum Gasteiger partial charge on any atom is 0.217 e. The molecule has 29 heavy (non-hydrogen) atoms. The largest absolute Gasteiger partial charge is 0.498 e. The average Bonchev–Trinajstić information content (AvgIpc) is 3.06. The Morgan fingerprint density at radius 3 is 2.59 bits per heavy atom. The molecule has 4 aliphatic carbocycles. The molecule has 0 unspecified atom stereocenters. The summed E-state index contributed by atoms with van der Waals surface area (Å²) in [6.45, 7) is 7.57. The summed E-state index contributed by atoms with van der Waals surface area (Å²) in [5.74, 6) is 2.41. The number of Topliss-reactive ketones (excluding diaryl/α,β-unsaturated/α-hetero) is 1. The van der Waals surface area contributed by atoms with E-state index in [0.717, 1.165) is 44.5 Å². The molecule has 0 radical (unpaired) electrons. The standard InChI is InChI=1S/C25H36O4/c1-6-29-17-11-13-24(2)16(15-17)7-8-18-19-9-10-21(22(26)23(27-4)28-5)25(19,3)14-12-20(18)24/h7,9,15,18,20-21,23H,6,8,10-14H2,1-5H3/t18-,20-,21+,24-,25-/m0/s1. The number of hydrogen-bond donors (Lipinski definition) is 0. The summed E-state index contributed by atoms with van der Waals surface area (Å²) in [7, 11) is 3.10. The highest BCUT2D eigenvalue weighted by Crippen LogP contribution is 2.64. The van der Waals surface area contributed by atoms with Gasteiger partial charge in [0.25, 0.3) is 0 Å². The third-order valence-electron chi connectivity index (χ3n) is 8.47. The molecule has 160 valence electrons. The van der Waals surface area contributed by atoms with Crippen LogP contribution in [0.5, 0.6) is 0 Å². The number of ether oxygens (including phenoxy) is 3. The highest BCUT2D eigenvalue weighted by atomic mass is 16.7. The third-order valence-corrected chi connectivity index (χ3v) is 8.47. The zero-order valence-corrected chi connectivity index (χ0v) is 18.6. The normalized spacial score (nSPS) is 38.4. The van der Waals surface area contributed by atoms with Crippen molar-refractivity contribution in [2.24, 2.45) is 28.6 Å². The van der Waals surface area contributed by atoms with Gasteiger partial charge < -0.3 is 14.2 Å². The van der Waals surface area contributed by atoms with Gasteiger partial charge in [0.1, 0.15) is 0 Å². The van der Waals surface area contributed by atoms with Gasteiger partial charge in [-0.05, 0) is 73.3 Å². The third kappa shape index (κ3) is 3.14. The monoisotopic (exact) mass is 400 g/mol. The molecule has 0 aromatic heterocycles. The molecule has 0 bridgehead atoms. The van der Waals surface area contributed by atoms with E-state index in [2.05, 4.69) is 39.0 Å². The molecule has 1 saturated carbocycles. The fourth-order valence-corrected chi connectivity index (χ4v) is 6.87. The van der Waals surface area contributed by atoms with Crippen LogP contribution < -0.4 is 0 Å². The van der Waals surface area contributed by atoms with Crippen molar-refractivity contribution in [2.75, 3.05) is 20.8 Å². The summed E-state index contributed by atoms with van der Waals surface area (Å²) in [6.07, 6.45) is 12.7. The Labute approximate surface area is 175 Å². The van der Waals surface area contributed by atoms with Gasteiger partial charge in [0.2, 0.25) is 6.29 Å². The fourth-order valence-electron chi connectivity index (χ4n) is 6.87. The van der Waals surface area contributed by atoms with E-state index >= 15 is 0 Å². The molecule has 1 fully saturated rings. The van der Waals surface area contributed by atoms with Crippen LogP contribution in [0.2, 0.25) is 0 Å². The van der Waals surface area contributed by atoms with Crippen molar-refractivity contribution in [3.63, 3.8) is 0 Å². The predicted molar refractivity (Wildman–Crippen MR) is 113 cm³/mol. The SMILES string of the molecule is CCOC1=CC2=CC[C@H]3C4=CC[C@H](C(=O)C(OC)OC)[C@@]4(C)CC[C@@H]3[C@@]2(C)CC1. The Kier molecular flexibility index (Phi) is 5.54. The van der Waals surface area contributed by atoms with Gasteiger partial charge in [-0.2, -0.15) is 0 Å². The van der Waals surface area contributed by atoms with Gasteiger partial charge in [0, 0.05) is 26.6 Å². The van der Waals surface area contributed by atoms with Crippen molar-refractivity contribution in [1.29, 1.82) is 0 Å². The fraction of sp³-hybridized carbons (Fsp3) is 0.720. The predicted octanol–water partition coefficient (Wildman–Crippen LogP) is 5.20. The molecular weight excluding hydrogens is 364 g/mol. The zero-order chi connectivity index (χ0) is 20.8. The summed E-state index contributed by atoms with van der Waals surface area (Å²) in [4.78, 5) is 13.1. The molecule has 0 saturated heterocycles. The Morgan fingerprint density at radius 2 is 1.90 bits per heavy atom. The highest BCUT2D eigenvalue weighted by molar-refractivity contribution is 5.86. The van der Waals surface area contributed by atoms with Crippen molar-refractivity contribution in [1.82, 2.24) is 0 Å². The van der Waals surface area contributed by atoms with Crippen LogP contribution >= 0.6 is 0 Å². The Hall–Kier alpha value is -1.39. The first kappa shape index (κ1) is 20.9. The van der Waals surface area contributed by atoms with Crippen molar-refractivity contribution in [3.05, 3.63) is 35.1 Å². The van der Waals surface area contributed by atoms with Crippen LogP contribution in [-0.2, 0) is 19.0 Å². The van der Waals surface area contributed by atoms with Crippen LogP contribution in [0.3, 0.4) is 0 Å². The van der Waals surface area contributed by atoms with Gasteiger partial charge in [-0.25, -0.2) is 0 Å². The van der Waals surface area contributed by atoms with E-state index in [1.54, 1.807) is 14.2 Å². The van der Waals surface area contributed by atoms with Crippen molar-refractivity contribution in [3.8, 4) is 0 Å². The van der Waals surface area contributed by atoms with Crippen LogP contribution in [0.1, 0.15) is 59.3 Å². The lowest BCUT2D eigenvalue weighted by Crippen LogP contribution is -2.48. The van der Waals surface area contributed by atoms with Crippen molar-refractivity contribution < 1.29 is 19.0 Å². The molecule has 4 rings (SSSR count). The number of carbonyl (C=O) groups is 1. The van der Waals surface area contributed by atoms with Crippen molar-refractivity contribution in [2.45, 2.75) is 65.6 Å². The number of fused-ring (bicyclic) bond motifs is 5. The first-order valence-electron chi connectivity index (χ1n) is 11.2. The number of rotatable bonds is 6. The molecule has 0 aromatic carbocycles. The van der Waals surface area contributed by atoms with Crippen LogP contribution in [-0.4, -0.2) is 32.9 Å². The molecule has 4 heteroatoms. The van der Waals surface area contributed by atoms with Gasteiger partial charge in [0.05, 0.1) is 12.4 Å². The molecule has 4 nitrogen and oxygen atoms in total. The molecule has 5 atom stereocenters. The Balaban J connectivity index is 1.61. The van der Waals surface area contributed by atoms with Gasteiger partial charge in [0.15, 0.2) is 5.78 Å². The van der Waals surface area contributed by atoms with E-state index in [4.69, 9.17) is 14.2 Å². The number of ketones is 1. The first-order chi connectivity index (χ1) is 13.9. The minimum atomic E-state index is -0.752. The second-order valence-corrected chi connectivity index (χ2v) is 9.68. The minimum Gasteiger partial charge on any atom is -0.498 e. The van der Waals surface area contributed by atoms with Gasteiger partial charge in [-0.1, -0.05) is 31.6 Å². The lowest BCUT2D eigenvalue weighted by atomic mass is 9.49. The topological polar surface area (TPSA) is 44.8 Å².